The summed E-state index contributed by atoms with van der Waals surface area (Å²) in [5.41, 5.74) is 2.61. The molecule has 1 aliphatic rings. The number of rotatable bonds is 5. The summed E-state index contributed by atoms with van der Waals surface area (Å²) in [5, 5.41) is 3.39. The normalized spacial score (nSPS) is 17.3. The summed E-state index contributed by atoms with van der Waals surface area (Å²) in [4.78, 5) is 18.8. The van der Waals surface area contributed by atoms with Crippen LogP contribution in [0.5, 0.6) is 0 Å². The van der Waals surface area contributed by atoms with E-state index in [1.807, 2.05) is 0 Å². The molecule has 0 amide bonds. The van der Waals surface area contributed by atoms with E-state index in [4.69, 9.17) is 9.73 Å². The Bertz CT molecular complexity index is 592. The highest BCUT2D eigenvalue weighted by molar-refractivity contribution is 5.80. The zero-order valence-corrected chi connectivity index (χ0v) is 15.9. The summed E-state index contributed by atoms with van der Waals surface area (Å²) in [6.45, 7) is 9.69. The molecule has 1 aromatic rings. The van der Waals surface area contributed by atoms with E-state index in [9.17, 15) is 4.79 Å². The number of guanidine groups is 1. The second-order valence-corrected chi connectivity index (χ2v) is 6.79. The molecule has 0 radical (unpaired) electrons. The molecule has 1 unspecified atom stereocenters. The Morgan fingerprint density at radius 2 is 2.12 bits per heavy atom. The fourth-order valence-corrected chi connectivity index (χ4v) is 3.22. The number of hydrogen-bond donors (Lipinski definition) is 1. The van der Waals surface area contributed by atoms with E-state index in [1.54, 1.807) is 0 Å². The van der Waals surface area contributed by atoms with Crippen molar-refractivity contribution in [3.8, 4) is 0 Å². The standard InChI is InChI=1S/C20H31N3O2/c1-5-21-20(23-11-9-17(10-12-23)19(24)25-4)22-14-16(3)18-8-6-7-15(2)13-18/h6-8,13,16-17H,5,9-12,14H2,1-4H3,(H,21,22). The largest absolute Gasteiger partial charge is 0.469 e. The summed E-state index contributed by atoms with van der Waals surface area (Å²) in [6.07, 6.45) is 1.65. The van der Waals surface area contributed by atoms with E-state index < -0.39 is 0 Å². The van der Waals surface area contributed by atoms with Crippen LogP contribution in [-0.2, 0) is 9.53 Å². The predicted molar refractivity (Wildman–Crippen MR) is 102 cm³/mol. The van der Waals surface area contributed by atoms with Gasteiger partial charge in [0.05, 0.1) is 13.0 Å². The van der Waals surface area contributed by atoms with Crippen LogP contribution in [0.15, 0.2) is 29.3 Å². The number of methoxy groups -OCH3 is 1. The lowest BCUT2D eigenvalue weighted by molar-refractivity contribution is -0.146. The average Bonchev–Trinajstić information content (AvgIpc) is 2.64. The molecule has 5 nitrogen and oxygen atoms in total. The highest BCUT2D eigenvalue weighted by atomic mass is 16.5. The number of ether oxygens (including phenoxy) is 1. The first-order valence-electron chi connectivity index (χ1n) is 9.22. The monoisotopic (exact) mass is 345 g/mol. The quantitative estimate of drug-likeness (QED) is 0.506. The van der Waals surface area contributed by atoms with Gasteiger partial charge in [-0.1, -0.05) is 36.8 Å². The van der Waals surface area contributed by atoms with Crippen LogP contribution in [0, 0.1) is 12.8 Å². The van der Waals surface area contributed by atoms with Gasteiger partial charge in [0.25, 0.3) is 0 Å². The van der Waals surface area contributed by atoms with Crippen LogP contribution in [0.4, 0.5) is 0 Å². The molecule has 1 N–H and O–H groups in total. The molecule has 1 fully saturated rings. The van der Waals surface area contributed by atoms with Gasteiger partial charge < -0.3 is 15.0 Å². The molecule has 1 heterocycles. The Balaban J connectivity index is 1.98. The van der Waals surface area contributed by atoms with E-state index in [1.165, 1.54) is 18.2 Å². The summed E-state index contributed by atoms with van der Waals surface area (Å²) in [5.74, 6) is 1.26. The number of likely N-dealkylation sites (tertiary alicyclic amines) is 1. The van der Waals surface area contributed by atoms with Crippen molar-refractivity contribution in [1.29, 1.82) is 0 Å². The van der Waals surface area contributed by atoms with Gasteiger partial charge in [0, 0.05) is 32.1 Å². The molecule has 25 heavy (non-hydrogen) atoms. The molecule has 2 rings (SSSR count). The number of carbonyl (C=O) groups is 1. The number of aryl methyl sites for hydroxylation is 1. The maximum atomic E-state index is 11.7. The first-order valence-corrected chi connectivity index (χ1v) is 9.22. The number of carbonyl (C=O) groups excluding carboxylic acids is 1. The molecular weight excluding hydrogens is 314 g/mol. The van der Waals surface area contributed by atoms with Crippen molar-refractivity contribution >= 4 is 11.9 Å². The third kappa shape index (κ3) is 5.48. The van der Waals surface area contributed by atoms with Crippen molar-refractivity contribution in [3.63, 3.8) is 0 Å². The van der Waals surface area contributed by atoms with E-state index in [-0.39, 0.29) is 11.9 Å². The van der Waals surface area contributed by atoms with E-state index in [0.717, 1.165) is 45.0 Å². The zero-order valence-electron chi connectivity index (χ0n) is 15.9. The maximum Gasteiger partial charge on any atom is 0.308 e. The third-order valence-corrected chi connectivity index (χ3v) is 4.79. The molecule has 1 saturated heterocycles. The van der Waals surface area contributed by atoms with E-state index >= 15 is 0 Å². The van der Waals surface area contributed by atoms with Gasteiger partial charge in [0.1, 0.15) is 0 Å². The van der Waals surface area contributed by atoms with Gasteiger partial charge in [-0.25, -0.2) is 0 Å². The summed E-state index contributed by atoms with van der Waals surface area (Å²) < 4.78 is 4.87. The van der Waals surface area contributed by atoms with Gasteiger partial charge in [-0.15, -0.1) is 0 Å². The fourth-order valence-electron chi connectivity index (χ4n) is 3.22. The minimum absolute atomic E-state index is 0.0235. The predicted octanol–water partition coefficient (Wildman–Crippen LogP) is 2.95. The van der Waals surface area contributed by atoms with Crippen molar-refractivity contribution in [3.05, 3.63) is 35.4 Å². The molecule has 5 heteroatoms. The molecule has 0 bridgehead atoms. The zero-order chi connectivity index (χ0) is 18.2. The highest BCUT2D eigenvalue weighted by Crippen LogP contribution is 2.20. The smallest absolute Gasteiger partial charge is 0.308 e. The number of hydrogen-bond acceptors (Lipinski definition) is 3. The van der Waals surface area contributed by atoms with Crippen LogP contribution in [0.3, 0.4) is 0 Å². The number of piperidine rings is 1. The number of nitrogens with zero attached hydrogens (tertiary/aromatic N) is 2. The van der Waals surface area contributed by atoms with Crippen molar-refractivity contribution in [1.82, 2.24) is 10.2 Å². The number of benzene rings is 1. The Morgan fingerprint density at radius 1 is 1.40 bits per heavy atom. The average molecular weight is 345 g/mol. The molecule has 0 saturated carbocycles. The molecule has 0 spiro atoms. The second-order valence-electron chi connectivity index (χ2n) is 6.79. The number of aliphatic imine (C=N–C) groups is 1. The Hall–Kier alpha value is -2.04. The van der Waals surface area contributed by atoms with Crippen LogP contribution in [0.2, 0.25) is 0 Å². The van der Waals surface area contributed by atoms with E-state index in [2.05, 4.69) is 55.3 Å². The lowest BCUT2D eigenvalue weighted by Crippen LogP contribution is -2.46. The molecular formula is C20H31N3O2. The summed E-state index contributed by atoms with van der Waals surface area (Å²) in [7, 11) is 1.47. The van der Waals surface area contributed by atoms with Gasteiger partial charge in [0.2, 0.25) is 0 Å². The lowest BCUT2D eigenvalue weighted by Gasteiger charge is -2.33. The van der Waals surface area contributed by atoms with Crippen molar-refractivity contribution in [2.24, 2.45) is 10.9 Å². The van der Waals surface area contributed by atoms with Crippen molar-refractivity contribution in [2.45, 2.75) is 39.5 Å². The molecule has 1 atom stereocenters. The molecule has 0 aliphatic carbocycles. The van der Waals surface area contributed by atoms with Gasteiger partial charge in [0.15, 0.2) is 5.96 Å². The Morgan fingerprint density at radius 3 is 2.72 bits per heavy atom. The van der Waals surface area contributed by atoms with Crippen LogP contribution in [0.1, 0.15) is 43.7 Å². The lowest BCUT2D eigenvalue weighted by atomic mass is 9.97. The topological polar surface area (TPSA) is 53.9 Å². The van der Waals surface area contributed by atoms with Crippen LogP contribution in [0.25, 0.3) is 0 Å². The molecule has 1 aliphatic heterocycles. The van der Waals surface area contributed by atoms with Gasteiger partial charge in [-0.05, 0) is 32.3 Å². The number of nitrogens with one attached hydrogen (secondary N) is 1. The highest BCUT2D eigenvalue weighted by Gasteiger charge is 2.27. The SMILES string of the molecule is CCNC(=NCC(C)c1cccc(C)c1)N1CCC(C(=O)OC)CC1. The minimum atomic E-state index is -0.0883. The van der Waals surface area contributed by atoms with Crippen molar-refractivity contribution in [2.75, 3.05) is 33.3 Å². The molecule has 0 aromatic heterocycles. The van der Waals surface area contributed by atoms with Gasteiger partial charge >= 0.3 is 5.97 Å². The van der Waals surface area contributed by atoms with Crippen LogP contribution < -0.4 is 5.32 Å². The first kappa shape index (κ1) is 19.3. The molecule has 138 valence electrons. The fraction of sp³-hybridized carbons (Fsp3) is 0.600. The second kappa shape index (κ2) is 9.44. The first-order chi connectivity index (χ1) is 12.0. The van der Waals surface area contributed by atoms with Crippen molar-refractivity contribution < 1.29 is 9.53 Å². The van der Waals surface area contributed by atoms with Gasteiger partial charge in [-0.3, -0.25) is 9.79 Å². The molecule has 1 aromatic carbocycles. The summed E-state index contributed by atoms with van der Waals surface area (Å²) >= 11 is 0. The Labute approximate surface area is 151 Å². The van der Waals surface area contributed by atoms with Crippen LogP contribution >= 0.6 is 0 Å². The maximum absolute atomic E-state index is 11.7. The summed E-state index contributed by atoms with van der Waals surface area (Å²) in [6, 6.07) is 8.62. The Kier molecular flexibility index (Phi) is 7.29. The van der Waals surface area contributed by atoms with E-state index in [0.29, 0.717) is 5.92 Å². The van der Waals surface area contributed by atoms with Gasteiger partial charge in [-0.2, -0.15) is 0 Å². The number of esters is 1. The minimum Gasteiger partial charge on any atom is -0.469 e. The third-order valence-electron chi connectivity index (χ3n) is 4.79. The van der Waals surface area contributed by atoms with Crippen LogP contribution in [-0.4, -0.2) is 50.1 Å².